The standard InChI is InChI=1S/C12H15N3O3.ClH/c13-12(17)10-2-1-3-14(8-10)9-11(16)15-4-6-18-7-5-15;/h1-3,8H,4-7,9H2,(H-,13,17);1H. The van der Waals surface area contributed by atoms with Gasteiger partial charge in [0.05, 0.1) is 13.2 Å². The predicted octanol–water partition coefficient (Wildman–Crippen LogP) is -4.06. The zero-order valence-corrected chi connectivity index (χ0v) is 11.2. The van der Waals surface area contributed by atoms with Crippen molar-refractivity contribution < 1.29 is 31.3 Å². The van der Waals surface area contributed by atoms with Crippen molar-refractivity contribution >= 4 is 11.8 Å². The molecule has 1 aliphatic rings. The molecule has 1 saturated heterocycles. The predicted molar refractivity (Wildman–Crippen MR) is 62.6 cm³/mol. The molecule has 0 aromatic carbocycles. The monoisotopic (exact) mass is 285 g/mol. The van der Waals surface area contributed by atoms with Crippen LogP contribution < -0.4 is 22.7 Å². The lowest BCUT2D eigenvalue weighted by molar-refractivity contribution is -0.685. The van der Waals surface area contributed by atoms with E-state index in [1.807, 2.05) is 0 Å². The third kappa shape index (κ3) is 4.18. The van der Waals surface area contributed by atoms with Crippen LogP contribution in [0.3, 0.4) is 0 Å². The molecular formula is C12H16ClN3O3. The van der Waals surface area contributed by atoms with Crippen LogP contribution in [-0.2, 0) is 16.1 Å². The molecule has 7 heteroatoms. The van der Waals surface area contributed by atoms with E-state index in [0.29, 0.717) is 31.9 Å². The van der Waals surface area contributed by atoms with Crippen molar-refractivity contribution in [3.05, 3.63) is 30.1 Å². The number of aromatic nitrogens is 1. The van der Waals surface area contributed by atoms with E-state index in [-0.39, 0.29) is 24.9 Å². The largest absolute Gasteiger partial charge is 1.00 e. The van der Waals surface area contributed by atoms with Crippen molar-refractivity contribution in [3.63, 3.8) is 0 Å². The molecule has 1 aromatic rings. The molecule has 19 heavy (non-hydrogen) atoms. The van der Waals surface area contributed by atoms with Gasteiger partial charge in [-0.15, -0.1) is 0 Å². The van der Waals surface area contributed by atoms with Gasteiger partial charge in [-0.2, -0.15) is 4.57 Å². The summed E-state index contributed by atoms with van der Waals surface area (Å²) in [4.78, 5) is 24.8. The van der Waals surface area contributed by atoms with Gasteiger partial charge in [-0.1, -0.05) is 0 Å². The van der Waals surface area contributed by atoms with Gasteiger partial charge in [0.1, 0.15) is 5.56 Å². The number of nitrogens with zero attached hydrogens (tertiary/aromatic N) is 2. The summed E-state index contributed by atoms with van der Waals surface area (Å²) in [7, 11) is 0. The smallest absolute Gasteiger partial charge is 0.288 e. The second kappa shape index (κ2) is 7.06. The lowest BCUT2D eigenvalue weighted by Gasteiger charge is -2.25. The minimum absolute atomic E-state index is 0. The Labute approximate surface area is 117 Å². The van der Waals surface area contributed by atoms with Gasteiger partial charge in [-0.25, -0.2) is 0 Å². The van der Waals surface area contributed by atoms with Crippen molar-refractivity contribution in [1.82, 2.24) is 4.90 Å². The number of pyridine rings is 1. The Balaban J connectivity index is 0.00000180. The summed E-state index contributed by atoms with van der Waals surface area (Å²) in [6, 6.07) is 3.32. The lowest BCUT2D eigenvalue weighted by Crippen LogP contribution is -3.00. The quantitative estimate of drug-likeness (QED) is 0.574. The zero-order valence-electron chi connectivity index (χ0n) is 10.4. The maximum absolute atomic E-state index is 12.0. The molecule has 1 fully saturated rings. The first-order valence-electron chi connectivity index (χ1n) is 5.81. The number of amides is 2. The van der Waals surface area contributed by atoms with Crippen molar-refractivity contribution in [1.29, 1.82) is 0 Å². The number of hydrogen-bond acceptors (Lipinski definition) is 3. The van der Waals surface area contributed by atoms with E-state index in [9.17, 15) is 9.59 Å². The van der Waals surface area contributed by atoms with Crippen LogP contribution in [0.1, 0.15) is 10.4 Å². The molecule has 2 rings (SSSR count). The number of halogens is 1. The molecule has 0 atom stereocenters. The Kier molecular flexibility index (Phi) is 5.72. The third-order valence-electron chi connectivity index (χ3n) is 2.82. The highest BCUT2D eigenvalue weighted by molar-refractivity contribution is 5.92. The highest BCUT2D eigenvalue weighted by atomic mass is 35.5. The van der Waals surface area contributed by atoms with E-state index in [1.165, 1.54) is 0 Å². The number of carbonyl (C=O) groups excluding carboxylic acids is 2. The van der Waals surface area contributed by atoms with Crippen molar-refractivity contribution in [2.45, 2.75) is 6.54 Å². The van der Waals surface area contributed by atoms with E-state index in [4.69, 9.17) is 10.5 Å². The van der Waals surface area contributed by atoms with Gasteiger partial charge in [-0.05, 0) is 6.07 Å². The number of rotatable bonds is 3. The Hall–Kier alpha value is -1.66. The maximum Gasteiger partial charge on any atom is 0.288 e. The van der Waals surface area contributed by atoms with Gasteiger partial charge in [0.15, 0.2) is 12.4 Å². The molecule has 104 valence electrons. The average Bonchev–Trinajstić information content (AvgIpc) is 2.40. The number of ether oxygens (including phenoxy) is 1. The molecule has 0 radical (unpaired) electrons. The molecule has 0 aliphatic carbocycles. The molecule has 0 saturated carbocycles. The fourth-order valence-corrected chi connectivity index (χ4v) is 1.84. The number of hydrogen-bond donors (Lipinski definition) is 1. The van der Waals surface area contributed by atoms with Crippen LogP contribution >= 0.6 is 0 Å². The SMILES string of the molecule is NC(=O)c1ccc[n+](CC(=O)N2CCOCC2)c1.[Cl-]. The van der Waals surface area contributed by atoms with E-state index < -0.39 is 5.91 Å². The fraction of sp³-hybridized carbons (Fsp3) is 0.417. The lowest BCUT2D eigenvalue weighted by atomic mass is 10.2. The average molecular weight is 286 g/mol. The molecule has 2 amide bonds. The molecule has 1 aromatic heterocycles. The van der Waals surface area contributed by atoms with Gasteiger partial charge in [0.25, 0.3) is 11.8 Å². The van der Waals surface area contributed by atoms with E-state index in [2.05, 4.69) is 0 Å². The summed E-state index contributed by atoms with van der Waals surface area (Å²) in [5.41, 5.74) is 5.59. The Bertz CT molecular complexity index is 461. The van der Waals surface area contributed by atoms with Gasteiger partial charge < -0.3 is 27.8 Å². The third-order valence-corrected chi connectivity index (χ3v) is 2.82. The van der Waals surface area contributed by atoms with Crippen molar-refractivity contribution in [3.8, 4) is 0 Å². The molecule has 6 nitrogen and oxygen atoms in total. The van der Waals surface area contributed by atoms with E-state index in [0.717, 1.165) is 0 Å². The first-order chi connectivity index (χ1) is 8.66. The molecule has 0 unspecified atom stereocenters. The number of primary amides is 1. The Morgan fingerprint density at radius 3 is 2.68 bits per heavy atom. The van der Waals surface area contributed by atoms with Gasteiger partial charge in [0.2, 0.25) is 6.54 Å². The second-order valence-electron chi connectivity index (χ2n) is 4.12. The summed E-state index contributed by atoms with van der Waals surface area (Å²) in [5.74, 6) is -0.479. The minimum Gasteiger partial charge on any atom is -1.00 e. The first-order valence-corrected chi connectivity index (χ1v) is 5.81. The van der Waals surface area contributed by atoms with Crippen LogP contribution in [0.4, 0.5) is 0 Å². The van der Waals surface area contributed by atoms with Crippen molar-refractivity contribution in [2.75, 3.05) is 26.3 Å². The molecule has 1 aliphatic heterocycles. The highest BCUT2D eigenvalue weighted by Gasteiger charge is 2.20. The summed E-state index contributed by atoms with van der Waals surface area (Å²) in [6.07, 6.45) is 3.32. The molecule has 2 heterocycles. The van der Waals surface area contributed by atoms with E-state index in [1.54, 1.807) is 34.0 Å². The number of morpholine rings is 1. The minimum atomic E-state index is -0.497. The summed E-state index contributed by atoms with van der Waals surface area (Å²) < 4.78 is 6.85. The topological polar surface area (TPSA) is 76.5 Å². The van der Waals surface area contributed by atoms with Crippen LogP contribution in [0.15, 0.2) is 24.5 Å². The van der Waals surface area contributed by atoms with E-state index >= 15 is 0 Å². The van der Waals surface area contributed by atoms with Crippen LogP contribution in [0.5, 0.6) is 0 Å². The summed E-state index contributed by atoms with van der Waals surface area (Å²) in [5, 5.41) is 0. The van der Waals surface area contributed by atoms with Gasteiger partial charge in [-0.3, -0.25) is 9.59 Å². The zero-order chi connectivity index (χ0) is 13.0. The number of nitrogens with two attached hydrogens (primary N) is 1. The molecule has 0 spiro atoms. The van der Waals surface area contributed by atoms with Gasteiger partial charge >= 0.3 is 0 Å². The molecular weight excluding hydrogens is 270 g/mol. The molecule has 2 N–H and O–H groups in total. The molecule has 0 bridgehead atoms. The normalized spacial score (nSPS) is 14.6. The first kappa shape index (κ1) is 15.4. The van der Waals surface area contributed by atoms with Crippen LogP contribution in [-0.4, -0.2) is 43.0 Å². The summed E-state index contributed by atoms with van der Waals surface area (Å²) >= 11 is 0. The fourth-order valence-electron chi connectivity index (χ4n) is 1.84. The van der Waals surface area contributed by atoms with Crippen LogP contribution in [0.2, 0.25) is 0 Å². The highest BCUT2D eigenvalue weighted by Crippen LogP contribution is 1.98. The van der Waals surface area contributed by atoms with Crippen LogP contribution in [0.25, 0.3) is 0 Å². The van der Waals surface area contributed by atoms with Crippen molar-refractivity contribution in [2.24, 2.45) is 5.73 Å². The Morgan fingerprint density at radius 2 is 2.05 bits per heavy atom. The van der Waals surface area contributed by atoms with Crippen LogP contribution in [0, 0.1) is 0 Å². The summed E-state index contributed by atoms with van der Waals surface area (Å²) in [6.45, 7) is 2.61. The number of carbonyl (C=O) groups is 2. The Morgan fingerprint density at radius 1 is 1.37 bits per heavy atom. The maximum atomic E-state index is 12.0. The second-order valence-corrected chi connectivity index (χ2v) is 4.12. The van der Waals surface area contributed by atoms with Gasteiger partial charge in [0, 0.05) is 19.2 Å².